The lowest BCUT2D eigenvalue weighted by Crippen LogP contribution is -2.45. The highest BCUT2D eigenvalue weighted by Gasteiger charge is 2.27. The number of halogens is 2. The first kappa shape index (κ1) is 21.9. The van der Waals surface area contributed by atoms with Crippen molar-refractivity contribution in [1.29, 1.82) is 0 Å². The van der Waals surface area contributed by atoms with Crippen molar-refractivity contribution in [2.24, 2.45) is 5.92 Å². The predicted octanol–water partition coefficient (Wildman–Crippen LogP) is 5.05. The zero-order valence-electron chi connectivity index (χ0n) is 16.1. The van der Waals surface area contributed by atoms with E-state index in [0.29, 0.717) is 17.5 Å². The zero-order valence-corrected chi connectivity index (χ0v) is 18.5. The Morgan fingerprint density at radius 3 is 2.59 bits per heavy atom. The van der Waals surface area contributed by atoms with Crippen molar-refractivity contribution in [3.63, 3.8) is 0 Å². The zero-order chi connectivity index (χ0) is 21.0. The molecule has 0 bridgehead atoms. The van der Waals surface area contributed by atoms with E-state index >= 15 is 0 Å². The van der Waals surface area contributed by atoms with Gasteiger partial charge in [0.25, 0.3) is 5.91 Å². The Morgan fingerprint density at radius 2 is 1.93 bits per heavy atom. The van der Waals surface area contributed by atoms with Crippen molar-refractivity contribution in [3.05, 3.63) is 38.8 Å². The number of nitrogens with two attached hydrogens (primary N) is 1. The Labute approximate surface area is 184 Å². The largest absolute Gasteiger partial charge is 0.398 e. The van der Waals surface area contributed by atoms with E-state index in [2.05, 4.69) is 15.6 Å². The molecule has 29 heavy (non-hydrogen) atoms. The fraction of sp³-hybridized carbons (Fsp3) is 0.450. The van der Waals surface area contributed by atoms with Gasteiger partial charge in [-0.05, 0) is 31.4 Å². The van der Waals surface area contributed by atoms with Crippen LogP contribution >= 0.6 is 34.5 Å². The summed E-state index contributed by atoms with van der Waals surface area (Å²) in [5, 5.41) is 8.55. The molecule has 2 amide bonds. The molecule has 1 fully saturated rings. The Morgan fingerprint density at radius 1 is 1.24 bits per heavy atom. The molecule has 156 valence electrons. The van der Waals surface area contributed by atoms with Crippen molar-refractivity contribution in [1.82, 2.24) is 10.3 Å². The van der Waals surface area contributed by atoms with Crippen LogP contribution in [0.25, 0.3) is 0 Å². The second-order valence-corrected chi connectivity index (χ2v) is 9.08. The number of amides is 2. The molecule has 1 heterocycles. The average Bonchev–Trinajstić information content (AvgIpc) is 3.09. The molecule has 1 aliphatic rings. The SMILES string of the molecule is Cc1csc(NC(=O)[C@H](CC2CCCCC2)NC(=O)c2cc(Cl)c(Cl)cc2N)n1. The summed E-state index contributed by atoms with van der Waals surface area (Å²) < 4.78 is 0. The number of aromatic nitrogens is 1. The van der Waals surface area contributed by atoms with Gasteiger partial charge in [0.15, 0.2) is 5.13 Å². The topological polar surface area (TPSA) is 97.1 Å². The third-order valence-corrected chi connectivity index (χ3v) is 6.70. The van der Waals surface area contributed by atoms with E-state index in [0.717, 1.165) is 31.4 Å². The Balaban J connectivity index is 1.77. The lowest BCUT2D eigenvalue weighted by Gasteiger charge is -2.26. The number of nitrogen functional groups attached to an aromatic ring is 1. The van der Waals surface area contributed by atoms with Gasteiger partial charge in [-0.2, -0.15) is 0 Å². The van der Waals surface area contributed by atoms with Gasteiger partial charge in [-0.3, -0.25) is 9.59 Å². The Bertz CT molecular complexity index is 897. The highest BCUT2D eigenvalue weighted by molar-refractivity contribution is 7.13. The number of anilines is 2. The van der Waals surface area contributed by atoms with Gasteiger partial charge in [0, 0.05) is 11.1 Å². The Hall–Kier alpha value is -1.83. The first-order chi connectivity index (χ1) is 13.8. The number of hydrogen-bond acceptors (Lipinski definition) is 5. The third kappa shape index (κ3) is 5.84. The number of thiazole rings is 1. The van der Waals surface area contributed by atoms with Crippen molar-refractivity contribution in [2.45, 2.75) is 51.5 Å². The number of carbonyl (C=O) groups is 2. The normalized spacial score (nSPS) is 15.7. The maximum atomic E-state index is 12.9. The molecule has 0 spiro atoms. The second kappa shape index (κ2) is 9.78. The Kier molecular flexibility index (Phi) is 7.38. The number of rotatable bonds is 6. The van der Waals surface area contributed by atoms with E-state index in [1.54, 1.807) is 0 Å². The van der Waals surface area contributed by atoms with Crippen molar-refractivity contribution in [2.75, 3.05) is 11.1 Å². The van der Waals surface area contributed by atoms with Crippen LogP contribution in [0.2, 0.25) is 10.0 Å². The molecule has 0 aliphatic heterocycles. The lowest BCUT2D eigenvalue weighted by atomic mass is 9.84. The van der Waals surface area contributed by atoms with Crippen LogP contribution in [-0.4, -0.2) is 22.8 Å². The highest BCUT2D eigenvalue weighted by atomic mass is 35.5. The summed E-state index contributed by atoms with van der Waals surface area (Å²) in [5.41, 5.74) is 7.19. The predicted molar refractivity (Wildman–Crippen MR) is 119 cm³/mol. The third-order valence-electron chi connectivity index (χ3n) is 5.10. The molecule has 1 atom stereocenters. The van der Waals surface area contributed by atoms with Gasteiger partial charge in [0.1, 0.15) is 6.04 Å². The van der Waals surface area contributed by atoms with Crippen LogP contribution < -0.4 is 16.4 Å². The highest BCUT2D eigenvalue weighted by Crippen LogP contribution is 2.29. The summed E-state index contributed by atoms with van der Waals surface area (Å²) in [7, 11) is 0. The van der Waals surface area contributed by atoms with Crippen LogP contribution in [0.15, 0.2) is 17.5 Å². The summed E-state index contributed by atoms with van der Waals surface area (Å²) in [6, 6.07) is 2.17. The minimum atomic E-state index is -0.691. The van der Waals surface area contributed by atoms with Crippen molar-refractivity contribution < 1.29 is 9.59 Å². The fourth-order valence-electron chi connectivity index (χ4n) is 3.59. The number of aryl methyl sites for hydroxylation is 1. The minimum Gasteiger partial charge on any atom is -0.398 e. The van der Waals surface area contributed by atoms with E-state index in [-0.39, 0.29) is 27.2 Å². The van der Waals surface area contributed by atoms with Crippen LogP contribution in [0.1, 0.15) is 54.6 Å². The maximum absolute atomic E-state index is 12.9. The molecule has 3 rings (SSSR count). The van der Waals surface area contributed by atoms with Gasteiger partial charge in [-0.25, -0.2) is 4.98 Å². The van der Waals surface area contributed by atoms with Gasteiger partial charge in [-0.15, -0.1) is 11.3 Å². The van der Waals surface area contributed by atoms with Gasteiger partial charge < -0.3 is 16.4 Å². The molecule has 1 aromatic heterocycles. The molecular formula is C20H24Cl2N4O2S. The summed E-state index contributed by atoms with van der Waals surface area (Å²) in [6.45, 7) is 1.86. The molecule has 1 aromatic carbocycles. The van der Waals surface area contributed by atoms with Crippen molar-refractivity contribution >= 4 is 57.2 Å². The molecule has 2 aromatic rings. The standard InChI is InChI=1S/C20H24Cl2N4O2S/c1-11-10-29-20(24-11)26-19(28)17(7-12-5-3-2-4-6-12)25-18(27)13-8-14(21)15(22)9-16(13)23/h8-10,12,17H,2-7,23H2,1H3,(H,25,27)(H,24,26,28)/t17-/m0/s1. The molecule has 6 nitrogen and oxygen atoms in total. The number of hydrogen-bond donors (Lipinski definition) is 3. The van der Waals surface area contributed by atoms with E-state index < -0.39 is 11.9 Å². The molecule has 0 saturated heterocycles. The van der Waals surface area contributed by atoms with Gasteiger partial charge in [0.2, 0.25) is 5.91 Å². The van der Waals surface area contributed by atoms with Gasteiger partial charge in [0.05, 0.1) is 21.3 Å². The quantitative estimate of drug-likeness (QED) is 0.531. The van der Waals surface area contributed by atoms with Crippen LogP contribution in [-0.2, 0) is 4.79 Å². The van der Waals surface area contributed by atoms with Gasteiger partial charge >= 0.3 is 0 Å². The smallest absolute Gasteiger partial charge is 0.254 e. The van der Waals surface area contributed by atoms with Crippen LogP contribution in [0, 0.1) is 12.8 Å². The summed E-state index contributed by atoms with van der Waals surface area (Å²) in [4.78, 5) is 30.1. The molecule has 9 heteroatoms. The van der Waals surface area contributed by atoms with E-state index in [9.17, 15) is 9.59 Å². The molecule has 1 saturated carbocycles. The molecule has 1 aliphatic carbocycles. The molecule has 4 N–H and O–H groups in total. The minimum absolute atomic E-state index is 0.200. The summed E-state index contributed by atoms with van der Waals surface area (Å²) in [5.74, 6) is -0.340. The molecule has 0 unspecified atom stereocenters. The summed E-state index contributed by atoms with van der Waals surface area (Å²) >= 11 is 13.3. The monoisotopic (exact) mass is 454 g/mol. The number of benzene rings is 1. The average molecular weight is 455 g/mol. The van der Waals surface area contributed by atoms with Gasteiger partial charge in [-0.1, -0.05) is 55.3 Å². The van der Waals surface area contributed by atoms with Crippen LogP contribution in [0.3, 0.4) is 0 Å². The first-order valence-electron chi connectivity index (χ1n) is 9.62. The van der Waals surface area contributed by atoms with Crippen LogP contribution in [0.4, 0.5) is 10.8 Å². The maximum Gasteiger partial charge on any atom is 0.254 e. The first-order valence-corrected chi connectivity index (χ1v) is 11.3. The number of carbonyl (C=O) groups excluding carboxylic acids is 2. The van der Waals surface area contributed by atoms with E-state index in [4.69, 9.17) is 28.9 Å². The molecule has 0 radical (unpaired) electrons. The second-order valence-electron chi connectivity index (χ2n) is 7.40. The van der Waals surface area contributed by atoms with Crippen molar-refractivity contribution in [3.8, 4) is 0 Å². The number of nitrogens with zero attached hydrogens (tertiary/aromatic N) is 1. The molecular weight excluding hydrogens is 431 g/mol. The van der Waals surface area contributed by atoms with Crippen LogP contribution in [0.5, 0.6) is 0 Å². The lowest BCUT2D eigenvalue weighted by molar-refractivity contribution is -0.118. The fourth-order valence-corrected chi connectivity index (χ4v) is 4.61. The van der Waals surface area contributed by atoms with E-state index in [1.165, 1.54) is 29.9 Å². The number of nitrogens with one attached hydrogen (secondary N) is 2. The summed E-state index contributed by atoms with van der Waals surface area (Å²) in [6.07, 6.45) is 6.22. The van der Waals surface area contributed by atoms with E-state index in [1.807, 2.05) is 12.3 Å².